The molecule has 17 heavy (non-hydrogen) atoms. The molecule has 0 saturated carbocycles. The van der Waals surface area contributed by atoms with Crippen LogP contribution in [-0.2, 0) is 20.7 Å². The van der Waals surface area contributed by atoms with E-state index in [2.05, 4.69) is 32.8 Å². The van der Waals surface area contributed by atoms with Gasteiger partial charge in [-0.25, -0.2) is 0 Å². The van der Waals surface area contributed by atoms with Gasteiger partial charge in [0.1, 0.15) is 4.83 Å². The lowest BCUT2D eigenvalue weighted by Crippen LogP contribution is -2.21. The van der Waals surface area contributed by atoms with E-state index in [9.17, 15) is 4.79 Å². The molecule has 0 fully saturated rings. The van der Waals surface area contributed by atoms with Crippen LogP contribution in [0.25, 0.3) is 0 Å². The number of hydrogen-bond acceptors (Lipinski definition) is 3. The zero-order valence-corrected chi connectivity index (χ0v) is 11.5. The first kappa shape index (κ1) is 14.2. The highest BCUT2D eigenvalue weighted by Crippen LogP contribution is 2.05. The van der Waals surface area contributed by atoms with Crippen LogP contribution in [-0.4, -0.2) is 31.1 Å². The van der Waals surface area contributed by atoms with Gasteiger partial charge < -0.3 is 9.47 Å². The van der Waals surface area contributed by atoms with Crippen LogP contribution in [0, 0.1) is 0 Å². The maximum absolute atomic E-state index is 11.0. The number of carbonyl (C=O) groups is 1. The van der Waals surface area contributed by atoms with Crippen LogP contribution in [0.5, 0.6) is 0 Å². The molecule has 0 aromatic heterocycles. The first-order valence-corrected chi connectivity index (χ1v) is 6.49. The van der Waals surface area contributed by atoms with Crippen LogP contribution in [0.1, 0.15) is 12.0 Å². The third-order valence-corrected chi connectivity index (χ3v) is 2.96. The van der Waals surface area contributed by atoms with Crippen molar-refractivity contribution in [2.45, 2.75) is 17.7 Å². The van der Waals surface area contributed by atoms with Crippen molar-refractivity contribution in [3.63, 3.8) is 0 Å². The van der Waals surface area contributed by atoms with Crippen molar-refractivity contribution in [2.75, 3.05) is 20.3 Å². The molecule has 0 heterocycles. The fourth-order valence-electron chi connectivity index (χ4n) is 1.41. The van der Waals surface area contributed by atoms with Gasteiger partial charge in [-0.1, -0.05) is 46.3 Å². The number of rotatable bonds is 7. The summed E-state index contributed by atoms with van der Waals surface area (Å²) in [5.41, 5.74) is 1.31. The van der Waals surface area contributed by atoms with Crippen LogP contribution >= 0.6 is 15.9 Å². The topological polar surface area (TPSA) is 35.5 Å². The van der Waals surface area contributed by atoms with Crippen LogP contribution in [0.4, 0.5) is 0 Å². The highest BCUT2D eigenvalue weighted by molar-refractivity contribution is 9.10. The van der Waals surface area contributed by atoms with Gasteiger partial charge in [0, 0.05) is 6.61 Å². The van der Waals surface area contributed by atoms with Crippen LogP contribution in [0.3, 0.4) is 0 Å². The van der Waals surface area contributed by atoms with Crippen molar-refractivity contribution in [1.82, 2.24) is 0 Å². The highest BCUT2D eigenvalue weighted by Gasteiger charge is 2.14. The van der Waals surface area contributed by atoms with Gasteiger partial charge in [-0.15, -0.1) is 0 Å². The Labute approximate surface area is 110 Å². The van der Waals surface area contributed by atoms with E-state index in [1.807, 2.05) is 18.2 Å². The lowest BCUT2D eigenvalue weighted by Gasteiger charge is -2.08. The Hall–Kier alpha value is -0.870. The molecule has 4 heteroatoms. The standard InChI is InChI=1S/C13H17BrO3/c1-16-13(15)12(14)10-17-9-5-8-11-6-3-2-4-7-11/h2-4,6-7,12H,5,8-10H2,1H3. The molecular weight excluding hydrogens is 284 g/mol. The fraction of sp³-hybridized carbons (Fsp3) is 0.462. The molecule has 1 aromatic rings. The van der Waals surface area contributed by atoms with Crippen LogP contribution in [0.15, 0.2) is 30.3 Å². The van der Waals surface area contributed by atoms with Gasteiger partial charge in [-0.2, -0.15) is 0 Å². The number of hydrogen-bond donors (Lipinski definition) is 0. The minimum Gasteiger partial charge on any atom is -0.468 e. The number of esters is 1. The summed E-state index contributed by atoms with van der Waals surface area (Å²) in [6, 6.07) is 10.3. The monoisotopic (exact) mass is 300 g/mol. The van der Waals surface area contributed by atoms with Crippen molar-refractivity contribution in [2.24, 2.45) is 0 Å². The van der Waals surface area contributed by atoms with E-state index in [1.165, 1.54) is 12.7 Å². The number of alkyl halides is 1. The van der Waals surface area contributed by atoms with Crippen LogP contribution < -0.4 is 0 Å². The summed E-state index contributed by atoms with van der Waals surface area (Å²) in [5, 5.41) is 0. The molecule has 0 amide bonds. The maximum Gasteiger partial charge on any atom is 0.321 e. The third-order valence-electron chi connectivity index (χ3n) is 2.32. The van der Waals surface area contributed by atoms with Crippen molar-refractivity contribution in [3.8, 4) is 0 Å². The molecule has 0 bridgehead atoms. The predicted molar refractivity (Wildman–Crippen MR) is 70.3 cm³/mol. The molecule has 94 valence electrons. The SMILES string of the molecule is COC(=O)C(Br)COCCCc1ccccc1. The second-order valence-electron chi connectivity index (χ2n) is 3.65. The van der Waals surface area contributed by atoms with E-state index >= 15 is 0 Å². The van der Waals surface area contributed by atoms with Gasteiger partial charge in [-0.3, -0.25) is 4.79 Å². The molecule has 3 nitrogen and oxygen atoms in total. The first-order valence-electron chi connectivity index (χ1n) is 5.57. The largest absolute Gasteiger partial charge is 0.468 e. The Morgan fingerprint density at radius 3 is 2.71 bits per heavy atom. The van der Waals surface area contributed by atoms with E-state index in [-0.39, 0.29) is 10.8 Å². The normalized spacial score (nSPS) is 12.1. The number of carbonyl (C=O) groups excluding carboxylic acids is 1. The minimum absolute atomic E-state index is 0.298. The Morgan fingerprint density at radius 2 is 2.06 bits per heavy atom. The molecular formula is C13H17BrO3. The second kappa shape index (κ2) is 8.25. The highest BCUT2D eigenvalue weighted by atomic mass is 79.9. The maximum atomic E-state index is 11.0. The Bertz CT molecular complexity index is 327. The van der Waals surface area contributed by atoms with E-state index < -0.39 is 0 Å². The number of benzene rings is 1. The van der Waals surface area contributed by atoms with Crippen molar-refractivity contribution in [3.05, 3.63) is 35.9 Å². The molecule has 1 atom stereocenters. The Kier molecular flexibility index (Phi) is 6.89. The smallest absolute Gasteiger partial charge is 0.321 e. The number of methoxy groups -OCH3 is 1. The zero-order valence-electron chi connectivity index (χ0n) is 9.90. The quantitative estimate of drug-likeness (QED) is 0.441. The lowest BCUT2D eigenvalue weighted by molar-refractivity contribution is -0.140. The van der Waals surface area contributed by atoms with Crippen LogP contribution in [0.2, 0.25) is 0 Å². The molecule has 0 aliphatic heterocycles. The van der Waals surface area contributed by atoms with Crippen molar-refractivity contribution >= 4 is 21.9 Å². The minimum atomic E-state index is -0.371. The summed E-state index contributed by atoms with van der Waals surface area (Å²) in [5.74, 6) is -0.298. The molecule has 1 unspecified atom stereocenters. The second-order valence-corrected chi connectivity index (χ2v) is 4.76. The molecule has 1 aromatic carbocycles. The average Bonchev–Trinajstić information content (AvgIpc) is 2.38. The molecule has 0 aliphatic carbocycles. The Morgan fingerprint density at radius 1 is 1.35 bits per heavy atom. The molecule has 0 radical (unpaired) electrons. The van der Waals surface area contributed by atoms with Gasteiger partial charge >= 0.3 is 5.97 Å². The van der Waals surface area contributed by atoms with Gasteiger partial charge in [0.05, 0.1) is 13.7 Å². The number of halogens is 1. The summed E-state index contributed by atoms with van der Waals surface area (Å²) in [6.07, 6.45) is 1.94. The predicted octanol–water partition coefficient (Wildman–Crippen LogP) is 2.57. The first-order chi connectivity index (χ1) is 8.24. The number of ether oxygens (including phenoxy) is 2. The van der Waals surface area contributed by atoms with E-state index in [4.69, 9.17) is 4.74 Å². The zero-order chi connectivity index (χ0) is 12.5. The average molecular weight is 301 g/mol. The molecule has 0 saturated heterocycles. The summed E-state index contributed by atoms with van der Waals surface area (Å²) in [6.45, 7) is 0.995. The van der Waals surface area contributed by atoms with Gasteiger partial charge in [-0.05, 0) is 18.4 Å². The molecule has 1 rings (SSSR count). The molecule has 0 aliphatic rings. The summed E-state index contributed by atoms with van der Waals surface area (Å²) in [7, 11) is 1.37. The summed E-state index contributed by atoms with van der Waals surface area (Å²) in [4.78, 5) is 10.7. The van der Waals surface area contributed by atoms with Gasteiger partial charge in [0.25, 0.3) is 0 Å². The van der Waals surface area contributed by atoms with E-state index in [0.717, 1.165) is 12.8 Å². The number of aryl methyl sites for hydroxylation is 1. The third kappa shape index (κ3) is 5.84. The fourth-order valence-corrected chi connectivity index (χ4v) is 1.78. The summed E-state index contributed by atoms with van der Waals surface area (Å²) >= 11 is 3.20. The van der Waals surface area contributed by atoms with Gasteiger partial charge in [0.2, 0.25) is 0 Å². The van der Waals surface area contributed by atoms with Gasteiger partial charge in [0.15, 0.2) is 0 Å². The summed E-state index contributed by atoms with van der Waals surface area (Å²) < 4.78 is 9.96. The molecule has 0 spiro atoms. The van der Waals surface area contributed by atoms with Crippen molar-refractivity contribution < 1.29 is 14.3 Å². The lowest BCUT2D eigenvalue weighted by atomic mass is 10.1. The van der Waals surface area contributed by atoms with Crippen molar-refractivity contribution in [1.29, 1.82) is 0 Å². The van der Waals surface area contributed by atoms with E-state index in [0.29, 0.717) is 13.2 Å². The molecule has 0 N–H and O–H groups in total. The van der Waals surface area contributed by atoms with E-state index in [1.54, 1.807) is 0 Å². The Balaban J connectivity index is 2.07.